The van der Waals surface area contributed by atoms with E-state index in [4.69, 9.17) is 9.47 Å². The second-order valence-electron chi connectivity index (χ2n) is 7.83. The van der Waals surface area contributed by atoms with E-state index >= 15 is 0 Å². The Labute approximate surface area is 167 Å². The molecule has 0 heterocycles. The first kappa shape index (κ1) is 21.5. The van der Waals surface area contributed by atoms with Crippen LogP contribution in [0.15, 0.2) is 42.5 Å². The maximum absolute atomic E-state index is 12.0. The molecule has 0 aliphatic carbocycles. The van der Waals surface area contributed by atoms with Crippen LogP contribution in [0.2, 0.25) is 0 Å². The fourth-order valence-corrected chi connectivity index (χ4v) is 2.59. The molecule has 2 aromatic rings. The minimum absolute atomic E-state index is 0.0811. The lowest BCUT2D eigenvalue weighted by Gasteiger charge is -2.19. The second kappa shape index (κ2) is 9.40. The molecule has 0 radical (unpaired) electrons. The Balaban J connectivity index is 1.71. The number of aryl methyl sites for hydroxylation is 1. The van der Waals surface area contributed by atoms with Gasteiger partial charge in [0.2, 0.25) is 0 Å². The van der Waals surface area contributed by atoms with Gasteiger partial charge in [0, 0.05) is 5.69 Å². The van der Waals surface area contributed by atoms with E-state index in [9.17, 15) is 9.59 Å². The number of anilines is 1. The molecule has 5 nitrogen and oxygen atoms in total. The molecule has 0 saturated heterocycles. The van der Waals surface area contributed by atoms with Crippen molar-refractivity contribution < 1.29 is 19.1 Å². The highest BCUT2D eigenvalue weighted by Crippen LogP contribution is 2.24. The fourth-order valence-electron chi connectivity index (χ4n) is 2.59. The number of carbonyl (C=O) groups excluding carboxylic acids is 2. The van der Waals surface area contributed by atoms with Crippen LogP contribution in [0.1, 0.15) is 43.9 Å². The number of carbonyl (C=O) groups is 2. The number of hydrogen-bond donors (Lipinski definition) is 1. The van der Waals surface area contributed by atoms with Crippen molar-refractivity contribution in [1.82, 2.24) is 0 Å². The molecule has 0 atom stereocenters. The normalized spacial score (nSPS) is 11.0. The van der Waals surface area contributed by atoms with E-state index in [-0.39, 0.29) is 31.0 Å². The van der Waals surface area contributed by atoms with Crippen LogP contribution < -0.4 is 10.1 Å². The summed E-state index contributed by atoms with van der Waals surface area (Å²) >= 11 is 0. The molecule has 0 aliphatic heterocycles. The van der Waals surface area contributed by atoms with Gasteiger partial charge in [0.15, 0.2) is 6.61 Å². The highest BCUT2D eigenvalue weighted by Gasteiger charge is 2.13. The summed E-state index contributed by atoms with van der Waals surface area (Å²) < 4.78 is 10.6. The van der Waals surface area contributed by atoms with E-state index in [0.29, 0.717) is 5.75 Å². The van der Waals surface area contributed by atoms with Crippen LogP contribution in [0.3, 0.4) is 0 Å². The van der Waals surface area contributed by atoms with Crippen molar-refractivity contribution in [2.75, 3.05) is 18.5 Å². The lowest BCUT2D eigenvalue weighted by Crippen LogP contribution is -2.22. The van der Waals surface area contributed by atoms with Gasteiger partial charge in [0.05, 0.1) is 13.0 Å². The molecule has 2 aromatic carbocycles. The van der Waals surface area contributed by atoms with Gasteiger partial charge < -0.3 is 14.8 Å². The third-order valence-electron chi connectivity index (χ3n) is 4.54. The van der Waals surface area contributed by atoms with Crippen LogP contribution in [0.25, 0.3) is 0 Å². The molecular formula is C23H29NO4. The predicted octanol–water partition coefficient (Wildman–Crippen LogP) is 4.55. The van der Waals surface area contributed by atoms with Gasteiger partial charge in [-0.05, 0) is 54.2 Å². The number of hydrogen-bond acceptors (Lipinski definition) is 4. The van der Waals surface area contributed by atoms with Crippen LogP contribution in [-0.4, -0.2) is 25.1 Å². The summed E-state index contributed by atoms with van der Waals surface area (Å²) in [5.41, 5.74) is 4.10. The van der Waals surface area contributed by atoms with Gasteiger partial charge in [-0.2, -0.15) is 0 Å². The van der Waals surface area contributed by atoms with Crippen molar-refractivity contribution in [3.63, 3.8) is 0 Å². The van der Waals surface area contributed by atoms with Gasteiger partial charge in [-0.15, -0.1) is 0 Å². The minimum atomic E-state index is -0.470. The van der Waals surface area contributed by atoms with Crippen LogP contribution >= 0.6 is 0 Å². The van der Waals surface area contributed by atoms with Crippen molar-refractivity contribution >= 4 is 17.6 Å². The first-order valence-corrected chi connectivity index (χ1v) is 9.42. The van der Waals surface area contributed by atoms with Crippen molar-refractivity contribution in [2.24, 2.45) is 0 Å². The Kier molecular flexibility index (Phi) is 7.21. The van der Waals surface area contributed by atoms with Crippen molar-refractivity contribution in [3.8, 4) is 5.75 Å². The molecular weight excluding hydrogens is 354 g/mol. The first-order chi connectivity index (χ1) is 13.2. The van der Waals surface area contributed by atoms with Gasteiger partial charge in [-0.25, -0.2) is 0 Å². The SMILES string of the molecule is Cc1cccc(NC(=O)COC(=O)CCOc2ccc(C(C)(C)C)cc2)c1C. The lowest BCUT2D eigenvalue weighted by molar-refractivity contribution is -0.147. The van der Waals surface area contributed by atoms with Gasteiger partial charge in [0.1, 0.15) is 5.75 Å². The summed E-state index contributed by atoms with van der Waals surface area (Å²) in [4.78, 5) is 23.8. The quantitative estimate of drug-likeness (QED) is 0.712. The smallest absolute Gasteiger partial charge is 0.309 e. The summed E-state index contributed by atoms with van der Waals surface area (Å²) in [7, 11) is 0. The monoisotopic (exact) mass is 383 g/mol. The standard InChI is InChI=1S/C23H29NO4/c1-16-7-6-8-20(17(16)2)24-21(25)15-28-22(26)13-14-27-19-11-9-18(10-12-19)23(3,4)5/h6-12H,13-15H2,1-5H3,(H,24,25). The van der Waals surface area contributed by atoms with E-state index in [0.717, 1.165) is 16.8 Å². The molecule has 0 spiro atoms. The Hall–Kier alpha value is -2.82. The summed E-state index contributed by atoms with van der Waals surface area (Å²) in [6, 6.07) is 13.5. The molecule has 2 rings (SSSR count). The first-order valence-electron chi connectivity index (χ1n) is 9.42. The van der Waals surface area contributed by atoms with Gasteiger partial charge in [-0.1, -0.05) is 45.0 Å². The van der Waals surface area contributed by atoms with E-state index in [1.165, 1.54) is 5.56 Å². The number of esters is 1. The Morgan fingerprint density at radius 3 is 2.32 bits per heavy atom. The Morgan fingerprint density at radius 2 is 1.68 bits per heavy atom. The largest absolute Gasteiger partial charge is 0.493 e. The van der Waals surface area contributed by atoms with Gasteiger partial charge in [0.25, 0.3) is 5.91 Å². The number of amides is 1. The molecule has 0 saturated carbocycles. The molecule has 0 aromatic heterocycles. The molecule has 0 fully saturated rings. The van der Waals surface area contributed by atoms with Crippen LogP contribution in [0.5, 0.6) is 5.75 Å². The summed E-state index contributed by atoms with van der Waals surface area (Å²) in [5.74, 6) is -0.128. The summed E-state index contributed by atoms with van der Waals surface area (Å²) in [5, 5.41) is 2.76. The second-order valence-corrected chi connectivity index (χ2v) is 7.83. The maximum atomic E-state index is 12.0. The van der Waals surface area contributed by atoms with E-state index in [2.05, 4.69) is 26.1 Å². The molecule has 1 amide bonds. The zero-order valence-electron chi connectivity index (χ0n) is 17.3. The average molecular weight is 383 g/mol. The van der Waals surface area contributed by atoms with Crippen molar-refractivity contribution in [2.45, 2.75) is 46.5 Å². The molecule has 1 N–H and O–H groups in total. The highest BCUT2D eigenvalue weighted by molar-refractivity contribution is 5.93. The lowest BCUT2D eigenvalue weighted by atomic mass is 9.87. The number of rotatable bonds is 7. The zero-order valence-corrected chi connectivity index (χ0v) is 17.3. The number of nitrogens with one attached hydrogen (secondary N) is 1. The van der Waals surface area contributed by atoms with Crippen molar-refractivity contribution in [3.05, 3.63) is 59.2 Å². The Bertz CT molecular complexity index is 819. The van der Waals surface area contributed by atoms with Crippen LogP contribution in [0.4, 0.5) is 5.69 Å². The van der Waals surface area contributed by atoms with E-state index in [1.807, 2.05) is 56.3 Å². The molecule has 0 unspecified atom stereocenters. The molecule has 0 aliphatic rings. The molecule has 0 bridgehead atoms. The van der Waals surface area contributed by atoms with Gasteiger partial charge >= 0.3 is 5.97 Å². The molecule has 150 valence electrons. The third-order valence-corrected chi connectivity index (χ3v) is 4.54. The minimum Gasteiger partial charge on any atom is -0.493 e. The van der Waals surface area contributed by atoms with Crippen molar-refractivity contribution in [1.29, 1.82) is 0 Å². The maximum Gasteiger partial charge on any atom is 0.309 e. The summed E-state index contributed by atoms with van der Waals surface area (Å²) in [6.45, 7) is 10.2. The van der Waals surface area contributed by atoms with E-state index in [1.54, 1.807) is 0 Å². The molecule has 28 heavy (non-hydrogen) atoms. The third kappa shape index (κ3) is 6.41. The fraction of sp³-hybridized carbons (Fsp3) is 0.391. The molecule has 5 heteroatoms. The van der Waals surface area contributed by atoms with Crippen LogP contribution in [-0.2, 0) is 19.7 Å². The highest BCUT2D eigenvalue weighted by atomic mass is 16.5. The zero-order chi connectivity index (χ0) is 20.7. The van der Waals surface area contributed by atoms with E-state index < -0.39 is 5.97 Å². The van der Waals surface area contributed by atoms with Gasteiger partial charge in [-0.3, -0.25) is 9.59 Å². The number of benzene rings is 2. The summed E-state index contributed by atoms with van der Waals surface area (Å²) in [6.07, 6.45) is 0.0811. The number of ether oxygens (including phenoxy) is 2. The average Bonchev–Trinajstić information content (AvgIpc) is 2.63. The van der Waals surface area contributed by atoms with Crippen LogP contribution in [0, 0.1) is 13.8 Å². The topological polar surface area (TPSA) is 64.6 Å². The Morgan fingerprint density at radius 1 is 1.00 bits per heavy atom. The predicted molar refractivity (Wildman–Crippen MR) is 111 cm³/mol.